The number of fused-ring (bicyclic) bond motifs is 1. The summed E-state index contributed by atoms with van der Waals surface area (Å²) in [5, 5.41) is 15.2. The summed E-state index contributed by atoms with van der Waals surface area (Å²) < 4.78 is 7.57. The number of piperazine rings is 1. The highest BCUT2D eigenvalue weighted by Crippen LogP contribution is 2.35. The highest BCUT2D eigenvalue weighted by atomic mass is 32.1. The molecule has 7 nitrogen and oxygen atoms in total. The van der Waals surface area contributed by atoms with Crippen LogP contribution in [-0.2, 0) is 0 Å². The van der Waals surface area contributed by atoms with Crippen LogP contribution in [0.1, 0.15) is 28.3 Å². The molecule has 1 aliphatic rings. The van der Waals surface area contributed by atoms with Crippen molar-refractivity contribution in [2.45, 2.75) is 19.9 Å². The van der Waals surface area contributed by atoms with Gasteiger partial charge in [0.2, 0.25) is 10.8 Å². The van der Waals surface area contributed by atoms with Gasteiger partial charge in [-0.1, -0.05) is 29.5 Å². The van der Waals surface area contributed by atoms with E-state index in [2.05, 4.69) is 39.2 Å². The zero-order valence-electron chi connectivity index (χ0n) is 16.5. The number of hydrogen-bond donors (Lipinski definition) is 2. The third-order valence-electron chi connectivity index (χ3n) is 5.55. The fourth-order valence-corrected chi connectivity index (χ4v) is 5.31. The molecule has 4 heterocycles. The summed E-state index contributed by atoms with van der Waals surface area (Å²) in [7, 11) is 0. The Kier molecular flexibility index (Phi) is 4.52. The van der Waals surface area contributed by atoms with Crippen LogP contribution in [-0.4, -0.2) is 45.9 Å². The van der Waals surface area contributed by atoms with Gasteiger partial charge in [0.1, 0.15) is 16.5 Å². The number of nitrogens with zero attached hydrogens (tertiary/aromatic N) is 4. The van der Waals surface area contributed by atoms with Crippen molar-refractivity contribution < 1.29 is 14.4 Å². The summed E-state index contributed by atoms with van der Waals surface area (Å²) in [6.45, 7) is 7.60. The fourth-order valence-electron chi connectivity index (χ4n) is 4.14. The molecule has 3 aromatic heterocycles. The van der Waals surface area contributed by atoms with E-state index in [9.17, 15) is 5.11 Å². The summed E-state index contributed by atoms with van der Waals surface area (Å²) in [6.07, 6.45) is 0. The lowest BCUT2D eigenvalue weighted by atomic mass is 10.1. The van der Waals surface area contributed by atoms with E-state index in [-0.39, 0.29) is 11.9 Å². The largest absolute Gasteiger partial charge is 0.492 e. The van der Waals surface area contributed by atoms with Crippen molar-refractivity contribution >= 4 is 22.0 Å². The quantitative estimate of drug-likeness (QED) is 0.540. The predicted octanol–water partition coefficient (Wildman–Crippen LogP) is 2.20. The molecule has 8 heteroatoms. The molecule has 150 valence electrons. The van der Waals surface area contributed by atoms with Gasteiger partial charge in [-0.25, -0.2) is 4.98 Å². The van der Waals surface area contributed by atoms with Gasteiger partial charge >= 0.3 is 0 Å². The van der Waals surface area contributed by atoms with Crippen molar-refractivity contribution in [2.24, 2.45) is 0 Å². The van der Waals surface area contributed by atoms with Crippen LogP contribution in [0.5, 0.6) is 5.88 Å². The number of benzene rings is 1. The molecule has 0 spiro atoms. The highest BCUT2D eigenvalue weighted by molar-refractivity contribution is 7.17. The first-order valence-corrected chi connectivity index (χ1v) is 10.7. The minimum absolute atomic E-state index is 0.0737. The molecule has 2 N–H and O–H groups in total. The Morgan fingerprint density at radius 1 is 1.10 bits per heavy atom. The summed E-state index contributed by atoms with van der Waals surface area (Å²) in [4.78, 5) is 9.80. The second kappa shape index (κ2) is 7.20. The van der Waals surface area contributed by atoms with Gasteiger partial charge in [-0.2, -0.15) is 4.52 Å². The van der Waals surface area contributed by atoms with E-state index in [1.165, 1.54) is 26.4 Å². The number of aromatic nitrogens is 3. The van der Waals surface area contributed by atoms with Gasteiger partial charge < -0.3 is 19.3 Å². The average Bonchev–Trinajstić information content (AvgIpc) is 3.40. The minimum Gasteiger partial charge on any atom is -0.492 e. The number of nitrogens with one attached hydrogen (secondary N) is 1. The van der Waals surface area contributed by atoms with Gasteiger partial charge in [-0.3, -0.25) is 0 Å². The number of aryl methyl sites for hydroxylation is 2. The van der Waals surface area contributed by atoms with Crippen LogP contribution in [0.25, 0.3) is 4.96 Å². The monoisotopic (exact) mass is 410 g/mol. The second-order valence-corrected chi connectivity index (χ2v) is 8.51. The van der Waals surface area contributed by atoms with Gasteiger partial charge in [-0.15, -0.1) is 5.10 Å². The number of hydrogen-bond acceptors (Lipinski definition) is 6. The smallest absolute Gasteiger partial charge is 0.235 e. The Hall–Kier alpha value is -2.84. The summed E-state index contributed by atoms with van der Waals surface area (Å²) in [5.41, 5.74) is 1.26. The Bertz CT molecular complexity index is 1120. The molecule has 4 aromatic rings. The summed E-state index contributed by atoms with van der Waals surface area (Å²) in [5.74, 6) is 2.58. The first kappa shape index (κ1) is 18.2. The molecular formula is C21H24N5O2S+. The molecule has 0 aliphatic carbocycles. The third-order valence-corrected chi connectivity index (χ3v) is 6.63. The maximum Gasteiger partial charge on any atom is 0.235 e. The van der Waals surface area contributed by atoms with Crippen molar-refractivity contribution in [3.63, 3.8) is 0 Å². The Morgan fingerprint density at radius 3 is 2.52 bits per heavy atom. The highest BCUT2D eigenvalue weighted by Gasteiger charge is 2.37. The number of rotatable bonds is 4. The number of aromatic hydroxyl groups is 1. The van der Waals surface area contributed by atoms with E-state index < -0.39 is 0 Å². The van der Waals surface area contributed by atoms with Crippen LogP contribution in [0.4, 0.5) is 5.69 Å². The Labute approximate surface area is 172 Å². The number of para-hydroxylation sites is 1. The Balaban J connectivity index is 1.47. The predicted molar refractivity (Wildman–Crippen MR) is 112 cm³/mol. The van der Waals surface area contributed by atoms with Crippen molar-refractivity contribution in [3.05, 3.63) is 64.7 Å². The minimum atomic E-state index is -0.0737. The molecule has 0 unspecified atom stereocenters. The Morgan fingerprint density at radius 2 is 1.86 bits per heavy atom. The molecule has 1 saturated heterocycles. The lowest BCUT2D eigenvalue weighted by Crippen LogP contribution is -3.15. The molecule has 0 bridgehead atoms. The third kappa shape index (κ3) is 3.28. The van der Waals surface area contributed by atoms with Crippen molar-refractivity contribution in [2.75, 3.05) is 31.1 Å². The SMILES string of the molecule is Cc1nc2sc([C@@H](c3ccc(C)o3)[NH+]3CCN(c4ccccc4)CC3)c(O)n2n1. The molecule has 5 rings (SSSR count). The van der Waals surface area contributed by atoms with Gasteiger partial charge in [0.05, 0.1) is 26.2 Å². The van der Waals surface area contributed by atoms with E-state index in [0.717, 1.165) is 42.6 Å². The van der Waals surface area contributed by atoms with Crippen LogP contribution in [0.2, 0.25) is 0 Å². The molecule has 0 amide bonds. The number of anilines is 1. The lowest BCUT2D eigenvalue weighted by molar-refractivity contribution is -0.926. The van der Waals surface area contributed by atoms with Crippen molar-refractivity contribution in [1.29, 1.82) is 0 Å². The van der Waals surface area contributed by atoms with Crippen LogP contribution < -0.4 is 9.80 Å². The first-order valence-electron chi connectivity index (χ1n) is 9.86. The number of quaternary nitrogens is 1. The maximum absolute atomic E-state index is 10.9. The zero-order chi connectivity index (χ0) is 20.0. The molecule has 29 heavy (non-hydrogen) atoms. The van der Waals surface area contributed by atoms with Gasteiger partial charge in [-0.05, 0) is 38.1 Å². The maximum atomic E-state index is 10.9. The number of furan rings is 1. The molecule has 1 atom stereocenters. The summed E-state index contributed by atoms with van der Waals surface area (Å²) >= 11 is 1.49. The van der Waals surface area contributed by atoms with Crippen LogP contribution in [0, 0.1) is 13.8 Å². The first-order chi connectivity index (χ1) is 14.1. The van der Waals surface area contributed by atoms with E-state index >= 15 is 0 Å². The molecular weight excluding hydrogens is 386 g/mol. The zero-order valence-corrected chi connectivity index (χ0v) is 17.3. The van der Waals surface area contributed by atoms with Crippen LogP contribution >= 0.6 is 11.3 Å². The van der Waals surface area contributed by atoms with Crippen LogP contribution in [0.3, 0.4) is 0 Å². The van der Waals surface area contributed by atoms with Crippen molar-refractivity contribution in [3.8, 4) is 5.88 Å². The summed E-state index contributed by atoms with van der Waals surface area (Å²) in [6, 6.07) is 14.5. The molecule has 1 fully saturated rings. The molecule has 0 saturated carbocycles. The standard InChI is InChI=1S/C21H23N5O2S/c1-14-8-9-17(28-14)18(19-20(27)26-21(29-19)22-15(2)23-26)25-12-10-24(11-13-25)16-6-4-3-5-7-16/h3-9,18,27H,10-13H2,1-2H3/p+1/t18-/m1/s1. The van der Waals surface area contributed by atoms with E-state index in [1.54, 1.807) is 0 Å². The number of thiazole rings is 1. The second-order valence-electron chi connectivity index (χ2n) is 7.51. The molecule has 1 aliphatic heterocycles. The topological polar surface area (TPSA) is 71.2 Å². The van der Waals surface area contributed by atoms with E-state index in [4.69, 9.17) is 4.42 Å². The van der Waals surface area contributed by atoms with Gasteiger partial charge in [0.15, 0.2) is 11.8 Å². The van der Waals surface area contributed by atoms with E-state index in [1.807, 2.05) is 32.0 Å². The van der Waals surface area contributed by atoms with Crippen molar-refractivity contribution in [1.82, 2.24) is 14.6 Å². The molecule has 0 radical (unpaired) electrons. The fraction of sp³-hybridized carbons (Fsp3) is 0.333. The molecule has 1 aromatic carbocycles. The van der Waals surface area contributed by atoms with Crippen LogP contribution in [0.15, 0.2) is 46.9 Å². The van der Waals surface area contributed by atoms with Gasteiger partial charge in [0, 0.05) is 5.69 Å². The van der Waals surface area contributed by atoms with E-state index in [0.29, 0.717) is 10.8 Å². The normalized spacial score (nSPS) is 16.6. The van der Waals surface area contributed by atoms with Gasteiger partial charge in [0.25, 0.3) is 0 Å². The average molecular weight is 411 g/mol. The lowest BCUT2D eigenvalue weighted by Gasteiger charge is -2.36.